The molecule has 0 amide bonds. The first-order valence-corrected chi connectivity index (χ1v) is 7.95. The van der Waals surface area contributed by atoms with Crippen LogP contribution >= 0.6 is 0 Å². The van der Waals surface area contributed by atoms with Crippen LogP contribution in [0.2, 0.25) is 0 Å². The second kappa shape index (κ2) is 7.23. The molecule has 0 aromatic carbocycles. The van der Waals surface area contributed by atoms with Gasteiger partial charge in [-0.05, 0) is 30.6 Å². The van der Waals surface area contributed by atoms with E-state index in [4.69, 9.17) is 5.11 Å². The molecule has 1 fully saturated rings. The van der Waals surface area contributed by atoms with Gasteiger partial charge in [0.1, 0.15) is 0 Å². The normalized spacial score (nSPS) is 27.1. The van der Waals surface area contributed by atoms with Crippen LogP contribution in [0.5, 0.6) is 0 Å². The Hall–Kier alpha value is -0.870. The van der Waals surface area contributed by atoms with E-state index >= 15 is 0 Å². The van der Waals surface area contributed by atoms with Crippen molar-refractivity contribution >= 4 is 0 Å². The van der Waals surface area contributed by atoms with Gasteiger partial charge < -0.3 is 10.4 Å². The molecule has 1 aromatic rings. The first-order chi connectivity index (χ1) is 9.60. The van der Waals surface area contributed by atoms with Crippen LogP contribution in [0.4, 0.5) is 0 Å². The number of aliphatic hydroxyl groups excluding tert-OH is 1. The molecular formula is C16H29N3O. The summed E-state index contributed by atoms with van der Waals surface area (Å²) in [7, 11) is 0. The van der Waals surface area contributed by atoms with E-state index in [1.54, 1.807) is 4.68 Å². The lowest BCUT2D eigenvalue weighted by Gasteiger charge is -2.38. The minimum Gasteiger partial charge on any atom is -0.394 e. The second-order valence-corrected chi connectivity index (χ2v) is 6.65. The minimum absolute atomic E-state index is 0.143. The Kier molecular flexibility index (Phi) is 5.61. The highest BCUT2D eigenvalue weighted by atomic mass is 16.3. The molecule has 1 aliphatic rings. The maximum Gasteiger partial charge on any atom is 0.0640 e. The Morgan fingerprint density at radius 1 is 1.45 bits per heavy atom. The Balaban J connectivity index is 1.89. The molecule has 20 heavy (non-hydrogen) atoms. The number of hydrogen-bond acceptors (Lipinski definition) is 3. The standard InChI is InChI=1S/C16H29N3O/c1-12(2)15-5-4-13(3)8-16(15)17-9-14-10-18-19(11-14)6-7-20/h10-13,15-17,20H,4-9H2,1-3H3. The molecule has 2 rings (SSSR count). The van der Waals surface area contributed by atoms with Gasteiger partial charge in [0.25, 0.3) is 0 Å². The van der Waals surface area contributed by atoms with E-state index in [1.165, 1.54) is 24.8 Å². The summed E-state index contributed by atoms with van der Waals surface area (Å²) in [5.74, 6) is 2.37. The average molecular weight is 279 g/mol. The first-order valence-electron chi connectivity index (χ1n) is 7.95. The van der Waals surface area contributed by atoms with Crippen molar-refractivity contribution in [2.24, 2.45) is 17.8 Å². The molecule has 1 aliphatic carbocycles. The molecule has 0 radical (unpaired) electrons. The number of nitrogens with zero attached hydrogens (tertiary/aromatic N) is 2. The highest BCUT2D eigenvalue weighted by molar-refractivity contribution is 5.04. The van der Waals surface area contributed by atoms with E-state index in [0.29, 0.717) is 12.6 Å². The molecule has 4 nitrogen and oxygen atoms in total. The average Bonchev–Trinajstić information content (AvgIpc) is 2.84. The predicted octanol–water partition coefficient (Wildman–Crippen LogP) is 2.43. The molecule has 4 heteroatoms. The van der Waals surface area contributed by atoms with Gasteiger partial charge >= 0.3 is 0 Å². The fourth-order valence-corrected chi connectivity index (χ4v) is 3.41. The summed E-state index contributed by atoms with van der Waals surface area (Å²) in [6.07, 6.45) is 7.93. The van der Waals surface area contributed by atoms with Gasteiger partial charge in [-0.15, -0.1) is 0 Å². The van der Waals surface area contributed by atoms with Gasteiger partial charge in [-0.2, -0.15) is 5.10 Å². The van der Waals surface area contributed by atoms with E-state index in [2.05, 4.69) is 31.2 Å². The van der Waals surface area contributed by atoms with Crippen LogP contribution in [0, 0.1) is 17.8 Å². The molecule has 1 heterocycles. The molecule has 1 aromatic heterocycles. The number of nitrogens with one attached hydrogen (secondary N) is 1. The lowest BCUT2D eigenvalue weighted by molar-refractivity contribution is 0.169. The van der Waals surface area contributed by atoms with E-state index < -0.39 is 0 Å². The number of aromatic nitrogens is 2. The van der Waals surface area contributed by atoms with E-state index in [-0.39, 0.29) is 6.61 Å². The fraction of sp³-hybridized carbons (Fsp3) is 0.812. The van der Waals surface area contributed by atoms with Crippen molar-refractivity contribution < 1.29 is 5.11 Å². The van der Waals surface area contributed by atoms with Crippen molar-refractivity contribution in [1.82, 2.24) is 15.1 Å². The maximum absolute atomic E-state index is 8.91. The molecule has 0 aliphatic heterocycles. The Bertz CT molecular complexity index is 402. The van der Waals surface area contributed by atoms with Crippen LogP contribution in [0.15, 0.2) is 12.4 Å². The number of hydrogen-bond donors (Lipinski definition) is 2. The zero-order valence-electron chi connectivity index (χ0n) is 13.0. The van der Waals surface area contributed by atoms with E-state index in [0.717, 1.165) is 24.3 Å². The van der Waals surface area contributed by atoms with E-state index in [1.807, 2.05) is 12.4 Å². The van der Waals surface area contributed by atoms with E-state index in [9.17, 15) is 0 Å². The molecule has 1 saturated carbocycles. The fourth-order valence-electron chi connectivity index (χ4n) is 3.41. The smallest absolute Gasteiger partial charge is 0.0640 e. The lowest BCUT2D eigenvalue weighted by Crippen LogP contribution is -2.42. The maximum atomic E-state index is 8.91. The van der Waals surface area contributed by atoms with Crippen molar-refractivity contribution in [2.75, 3.05) is 6.61 Å². The number of aliphatic hydroxyl groups is 1. The van der Waals surface area contributed by atoms with Crippen LogP contribution in [-0.2, 0) is 13.1 Å². The summed E-state index contributed by atoms with van der Waals surface area (Å²) < 4.78 is 1.81. The van der Waals surface area contributed by atoms with Gasteiger partial charge in [0.15, 0.2) is 0 Å². The Labute approximate surface area is 122 Å². The molecule has 0 bridgehead atoms. The SMILES string of the molecule is CC1CCC(C(C)C)C(NCc2cnn(CCO)c2)C1. The highest BCUT2D eigenvalue weighted by Crippen LogP contribution is 2.33. The summed E-state index contributed by atoms with van der Waals surface area (Å²) in [6.45, 7) is 8.65. The zero-order chi connectivity index (χ0) is 14.5. The van der Waals surface area contributed by atoms with Crippen LogP contribution in [0.25, 0.3) is 0 Å². The summed E-state index contributed by atoms with van der Waals surface area (Å²) >= 11 is 0. The number of rotatable bonds is 6. The molecule has 2 N–H and O–H groups in total. The van der Waals surface area contributed by atoms with Crippen LogP contribution in [0.1, 0.15) is 45.6 Å². The van der Waals surface area contributed by atoms with Gasteiger partial charge in [-0.3, -0.25) is 4.68 Å². The predicted molar refractivity (Wildman–Crippen MR) is 81.3 cm³/mol. The van der Waals surface area contributed by atoms with Gasteiger partial charge in [0.05, 0.1) is 19.3 Å². The minimum atomic E-state index is 0.143. The van der Waals surface area contributed by atoms with Gasteiger partial charge in [0.2, 0.25) is 0 Å². The van der Waals surface area contributed by atoms with Crippen molar-refractivity contribution in [2.45, 2.75) is 59.2 Å². The monoisotopic (exact) mass is 279 g/mol. The van der Waals surface area contributed by atoms with Crippen LogP contribution < -0.4 is 5.32 Å². The Morgan fingerprint density at radius 3 is 2.95 bits per heavy atom. The third-order valence-corrected chi connectivity index (χ3v) is 4.61. The van der Waals surface area contributed by atoms with Gasteiger partial charge in [0, 0.05) is 24.3 Å². The first kappa shape index (κ1) is 15.5. The van der Waals surface area contributed by atoms with Gasteiger partial charge in [-0.1, -0.05) is 27.2 Å². The second-order valence-electron chi connectivity index (χ2n) is 6.65. The molecule has 0 saturated heterocycles. The summed E-state index contributed by atoms with van der Waals surface area (Å²) in [4.78, 5) is 0. The largest absolute Gasteiger partial charge is 0.394 e. The lowest BCUT2D eigenvalue weighted by atomic mass is 9.74. The topological polar surface area (TPSA) is 50.1 Å². The molecule has 3 atom stereocenters. The van der Waals surface area contributed by atoms with Crippen LogP contribution in [0.3, 0.4) is 0 Å². The molecule has 0 spiro atoms. The summed E-state index contributed by atoms with van der Waals surface area (Å²) in [6, 6.07) is 0.625. The Morgan fingerprint density at radius 2 is 2.25 bits per heavy atom. The van der Waals surface area contributed by atoms with Crippen molar-refractivity contribution in [1.29, 1.82) is 0 Å². The van der Waals surface area contributed by atoms with Crippen molar-refractivity contribution in [3.05, 3.63) is 18.0 Å². The molecule has 3 unspecified atom stereocenters. The summed E-state index contributed by atoms with van der Waals surface area (Å²) in [5, 5.41) is 16.9. The highest BCUT2D eigenvalue weighted by Gasteiger charge is 2.30. The third-order valence-electron chi connectivity index (χ3n) is 4.61. The van der Waals surface area contributed by atoms with Crippen LogP contribution in [-0.4, -0.2) is 27.5 Å². The molecular weight excluding hydrogens is 250 g/mol. The van der Waals surface area contributed by atoms with Gasteiger partial charge in [-0.25, -0.2) is 0 Å². The third kappa shape index (κ3) is 4.06. The quantitative estimate of drug-likeness (QED) is 0.841. The summed E-state index contributed by atoms with van der Waals surface area (Å²) in [5.41, 5.74) is 1.21. The molecule has 114 valence electrons. The van der Waals surface area contributed by atoms with Crippen molar-refractivity contribution in [3.63, 3.8) is 0 Å². The zero-order valence-corrected chi connectivity index (χ0v) is 13.0. The van der Waals surface area contributed by atoms with Crippen molar-refractivity contribution in [3.8, 4) is 0 Å².